The van der Waals surface area contributed by atoms with E-state index in [1.165, 1.54) is 12.1 Å². The standard InChI is InChI=1S/C18H16Cl2O5/c1-3-18(17(22)23-12(2)21,24-15-8-4-6-13(19)10-15)25-16-9-5-7-14(20)11-16/h4-11H,3H2,1-2H3. The minimum atomic E-state index is -1.87. The zero-order valence-electron chi connectivity index (χ0n) is 13.6. The number of hydrogen-bond acceptors (Lipinski definition) is 5. The molecule has 0 aliphatic carbocycles. The molecule has 0 bridgehead atoms. The molecule has 7 heteroatoms. The van der Waals surface area contributed by atoms with Crippen molar-refractivity contribution in [2.45, 2.75) is 26.1 Å². The average Bonchev–Trinajstić information content (AvgIpc) is 2.53. The summed E-state index contributed by atoms with van der Waals surface area (Å²) in [7, 11) is 0. The van der Waals surface area contributed by atoms with Crippen LogP contribution in [-0.4, -0.2) is 17.7 Å². The fourth-order valence-electron chi connectivity index (χ4n) is 2.04. The number of hydrogen-bond donors (Lipinski definition) is 0. The Hall–Kier alpha value is -2.24. The van der Waals surface area contributed by atoms with E-state index in [4.69, 9.17) is 37.4 Å². The zero-order chi connectivity index (χ0) is 18.4. The van der Waals surface area contributed by atoms with Crippen molar-refractivity contribution in [3.8, 4) is 11.5 Å². The molecule has 0 radical (unpaired) electrons. The van der Waals surface area contributed by atoms with Crippen molar-refractivity contribution in [1.29, 1.82) is 0 Å². The number of carbonyl (C=O) groups is 2. The number of rotatable bonds is 6. The molecule has 0 spiro atoms. The van der Waals surface area contributed by atoms with Gasteiger partial charge in [-0.1, -0.05) is 42.3 Å². The largest absolute Gasteiger partial charge is 0.443 e. The highest BCUT2D eigenvalue weighted by molar-refractivity contribution is 6.31. The third kappa shape index (κ3) is 5.11. The lowest BCUT2D eigenvalue weighted by atomic mass is 10.2. The van der Waals surface area contributed by atoms with Gasteiger partial charge in [0.05, 0.1) is 0 Å². The molecule has 5 nitrogen and oxygen atoms in total. The average molecular weight is 383 g/mol. The Labute approximate surface area is 155 Å². The lowest BCUT2D eigenvalue weighted by Gasteiger charge is -2.31. The van der Waals surface area contributed by atoms with Crippen LogP contribution in [0.1, 0.15) is 20.3 Å². The lowest BCUT2D eigenvalue weighted by Crippen LogP contribution is -2.51. The molecule has 0 atom stereocenters. The SMILES string of the molecule is CCC(Oc1cccc(Cl)c1)(Oc1cccc(Cl)c1)C(=O)OC(C)=O. The zero-order valence-corrected chi connectivity index (χ0v) is 15.1. The van der Waals surface area contributed by atoms with Crippen molar-refractivity contribution in [3.63, 3.8) is 0 Å². The van der Waals surface area contributed by atoms with Crippen LogP contribution in [-0.2, 0) is 14.3 Å². The van der Waals surface area contributed by atoms with Gasteiger partial charge in [0, 0.05) is 23.4 Å². The number of ether oxygens (including phenoxy) is 3. The molecule has 0 saturated carbocycles. The summed E-state index contributed by atoms with van der Waals surface area (Å²) in [5.41, 5.74) is 0. The van der Waals surface area contributed by atoms with E-state index in [0.29, 0.717) is 10.0 Å². The summed E-state index contributed by atoms with van der Waals surface area (Å²) in [6, 6.07) is 12.9. The predicted molar refractivity (Wildman–Crippen MR) is 94.0 cm³/mol. The molecule has 0 fully saturated rings. The molecule has 132 valence electrons. The van der Waals surface area contributed by atoms with Gasteiger partial charge in [0.25, 0.3) is 0 Å². The van der Waals surface area contributed by atoms with E-state index in [0.717, 1.165) is 6.92 Å². The van der Waals surface area contributed by atoms with Crippen molar-refractivity contribution in [1.82, 2.24) is 0 Å². The molecule has 0 aromatic heterocycles. The number of carbonyl (C=O) groups excluding carboxylic acids is 2. The van der Waals surface area contributed by atoms with Crippen LogP contribution in [0.15, 0.2) is 48.5 Å². The Morgan fingerprint density at radius 3 is 1.80 bits per heavy atom. The monoisotopic (exact) mass is 382 g/mol. The summed E-state index contributed by atoms with van der Waals surface area (Å²) in [4.78, 5) is 23.8. The van der Waals surface area contributed by atoms with Gasteiger partial charge in [-0.15, -0.1) is 0 Å². The van der Waals surface area contributed by atoms with Crippen LogP contribution < -0.4 is 9.47 Å². The Morgan fingerprint density at radius 1 is 0.960 bits per heavy atom. The highest BCUT2D eigenvalue weighted by Gasteiger charge is 2.45. The first-order valence-electron chi connectivity index (χ1n) is 7.46. The molecule has 0 aliphatic rings. The molecular weight excluding hydrogens is 367 g/mol. The Kier molecular flexibility index (Phi) is 6.28. The second-order valence-corrected chi connectivity index (χ2v) is 5.98. The maximum Gasteiger partial charge on any atom is 0.400 e. The molecule has 0 aliphatic heterocycles. The first kappa shape index (κ1) is 19.1. The van der Waals surface area contributed by atoms with Crippen molar-refractivity contribution >= 4 is 35.1 Å². The van der Waals surface area contributed by atoms with Crippen molar-refractivity contribution in [3.05, 3.63) is 58.6 Å². The van der Waals surface area contributed by atoms with Crippen molar-refractivity contribution in [2.75, 3.05) is 0 Å². The second-order valence-electron chi connectivity index (χ2n) is 5.11. The maximum absolute atomic E-state index is 12.5. The second kappa shape index (κ2) is 8.23. The maximum atomic E-state index is 12.5. The first-order chi connectivity index (χ1) is 11.8. The molecule has 0 amide bonds. The van der Waals surface area contributed by atoms with Gasteiger partial charge >= 0.3 is 17.7 Å². The minimum Gasteiger partial charge on any atom is -0.443 e. The van der Waals surface area contributed by atoms with Gasteiger partial charge in [0.15, 0.2) is 0 Å². The summed E-state index contributed by atoms with van der Waals surface area (Å²) < 4.78 is 16.2. The van der Waals surface area contributed by atoms with Gasteiger partial charge < -0.3 is 14.2 Å². The Balaban J connectivity index is 2.40. The normalized spacial score (nSPS) is 10.9. The highest BCUT2D eigenvalue weighted by Crippen LogP contribution is 2.30. The van der Waals surface area contributed by atoms with Crippen LogP contribution in [0.3, 0.4) is 0 Å². The summed E-state index contributed by atoms with van der Waals surface area (Å²) in [5, 5.41) is 0.843. The van der Waals surface area contributed by atoms with Gasteiger partial charge in [0.2, 0.25) is 0 Å². The summed E-state index contributed by atoms with van der Waals surface area (Å²) >= 11 is 11.9. The molecule has 0 unspecified atom stereocenters. The van der Waals surface area contributed by atoms with Crippen molar-refractivity contribution in [2.24, 2.45) is 0 Å². The fraction of sp³-hybridized carbons (Fsp3) is 0.222. The number of benzene rings is 2. The smallest absolute Gasteiger partial charge is 0.400 e. The molecule has 2 rings (SSSR count). The Morgan fingerprint density at radius 2 is 1.44 bits per heavy atom. The van der Waals surface area contributed by atoms with Gasteiger partial charge in [-0.3, -0.25) is 4.79 Å². The third-order valence-corrected chi connectivity index (χ3v) is 3.64. The number of halogens is 2. The molecular formula is C18H16Cl2O5. The predicted octanol–water partition coefficient (Wildman–Crippen LogP) is 4.65. The topological polar surface area (TPSA) is 61.8 Å². The summed E-state index contributed by atoms with van der Waals surface area (Å²) in [6.07, 6.45) is 0.0676. The van der Waals surface area contributed by atoms with Gasteiger partial charge in [-0.25, -0.2) is 4.79 Å². The highest BCUT2D eigenvalue weighted by atomic mass is 35.5. The molecule has 2 aromatic rings. The Bertz CT molecular complexity index is 728. The van der Waals surface area contributed by atoms with Gasteiger partial charge in [-0.2, -0.15) is 0 Å². The molecule has 0 heterocycles. The van der Waals surface area contributed by atoms with Gasteiger partial charge in [0.1, 0.15) is 11.5 Å². The van der Waals surface area contributed by atoms with Crippen molar-refractivity contribution < 1.29 is 23.8 Å². The van der Waals surface area contributed by atoms with E-state index < -0.39 is 17.7 Å². The van der Waals surface area contributed by atoms with Crippen LogP contribution in [0.25, 0.3) is 0 Å². The molecule has 2 aromatic carbocycles. The van der Waals surface area contributed by atoms with E-state index in [9.17, 15) is 9.59 Å². The van der Waals surface area contributed by atoms with Crippen LogP contribution >= 0.6 is 23.2 Å². The quantitative estimate of drug-likeness (QED) is 0.413. The molecule has 0 N–H and O–H groups in total. The van der Waals surface area contributed by atoms with Crippen LogP contribution in [0.2, 0.25) is 10.0 Å². The van der Waals surface area contributed by atoms with E-state index >= 15 is 0 Å². The number of esters is 2. The van der Waals surface area contributed by atoms with Crippen LogP contribution in [0.4, 0.5) is 0 Å². The van der Waals surface area contributed by atoms with Crippen LogP contribution in [0.5, 0.6) is 11.5 Å². The van der Waals surface area contributed by atoms with E-state index in [-0.39, 0.29) is 17.9 Å². The fourth-order valence-corrected chi connectivity index (χ4v) is 2.40. The van der Waals surface area contributed by atoms with Crippen LogP contribution in [0, 0.1) is 0 Å². The molecule has 25 heavy (non-hydrogen) atoms. The summed E-state index contributed by atoms with van der Waals surface area (Å²) in [5.74, 6) is -3.04. The molecule has 0 saturated heterocycles. The van der Waals surface area contributed by atoms with E-state index in [2.05, 4.69) is 0 Å². The van der Waals surface area contributed by atoms with Gasteiger partial charge in [-0.05, 0) is 36.4 Å². The first-order valence-corrected chi connectivity index (χ1v) is 8.22. The summed E-state index contributed by atoms with van der Waals surface area (Å²) in [6.45, 7) is 2.79. The lowest BCUT2D eigenvalue weighted by molar-refractivity contribution is -0.195. The third-order valence-electron chi connectivity index (χ3n) is 3.17. The van der Waals surface area contributed by atoms with E-state index in [1.807, 2.05) is 0 Å². The van der Waals surface area contributed by atoms with E-state index in [1.54, 1.807) is 43.3 Å². The minimum absolute atomic E-state index is 0.0676.